The molecule has 4 N–H and O–H groups in total. The molecule has 6 nitrogen and oxygen atoms in total. The van der Waals surface area contributed by atoms with E-state index in [1.54, 1.807) is 17.5 Å². The lowest BCUT2D eigenvalue weighted by molar-refractivity contribution is -0.119. The fourth-order valence-corrected chi connectivity index (χ4v) is 2.50. The molecule has 0 radical (unpaired) electrons. The van der Waals surface area contributed by atoms with Crippen molar-refractivity contribution in [2.45, 2.75) is 19.9 Å². The first-order chi connectivity index (χ1) is 10.4. The number of rotatable bonds is 5. The molecule has 0 bridgehead atoms. The van der Waals surface area contributed by atoms with Gasteiger partial charge in [-0.1, -0.05) is 17.7 Å². The van der Waals surface area contributed by atoms with Crippen LogP contribution in [0.4, 0.5) is 10.8 Å². The summed E-state index contributed by atoms with van der Waals surface area (Å²) in [5.41, 5.74) is 7.15. The molecule has 0 fully saturated rings. The highest BCUT2D eigenvalue weighted by molar-refractivity contribution is 7.14. The highest BCUT2D eigenvalue weighted by atomic mass is 35.5. The Morgan fingerprint density at radius 1 is 1.41 bits per heavy atom. The minimum absolute atomic E-state index is 0.222. The summed E-state index contributed by atoms with van der Waals surface area (Å²) in [7, 11) is 0. The van der Waals surface area contributed by atoms with Gasteiger partial charge in [0.1, 0.15) is 11.7 Å². The van der Waals surface area contributed by atoms with Crippen LogP contribution >= 0.6 is 22.9 Å². The van der Waals surface area contributed by atoms with Crippen molar-refractivity contribution in [3.63, 3.8) is 0 Å². The lowest BCUT2D eigenvalue weighted by atomic mass is 10.2. The van der Waals surface area contributed by atoms with E-state index in [1.165, 1.54) is 18.3 Å². The van der Waals surface area contributed by atoms with Crippen molar-refractivity contribution in [1.82, 2.24) is 10.3 Å². The fraction of sp³-hybridized carbons (Fsp3) is 0.214. The number of primary amides is 1. The predicted octanol–water partition coefficient (Wildman–Crippen LogP) is 2.45. The molecule has 8 heteroatoms. The van der Waals surface area contributed by atoms with Gasteiger partial charge in [-0.3, -0.25) is 9.59 Å². The molecule has 1 aromatic carbocycles. The highest BCUT2D eigenvalue weighted by Gasteiger charge is 2.16. The Hall–Kier alpha value is -2.12. The van der Waals surface area contributed by atoms with Crippen molar-refractivity contribution < 1.29 is 9.59 Å². The van der Waals surface area contributed by atoms with Crippen LogP contribution in [0.5, 0.6) is 0 Å². The molecule has 0 aliphatic rings. The molecule has 1 heterocycles. The third-order valence-corrected chi connectivity index (χ3v) is 3.95. The van der Waals surface area contributed by atoms with E-state index in [0.717, 1.165) is 11.3 Å². The zero-order valence-corrected chi connectivity index (χ0v) is 13.6. The number of benzene rings is 1. The maximum atomic E-state index is 11.9. The van der Waals surface area contributed by atoms with Gasteiger partial charge in [-0.05, 0) is 31.5 Å². The molecule has 0 aliphatic heterocycles. The zero-order valence-electron chi connectivity index (χ0n) is 12.0. The second-order valence-electron chi connectivity index (χ2n) is 4.72. The number of hydrogen-bond acceptors (Lipinski definition) is 5. The Labute approximate surface area is 136 Å². The molecule has 0 saturated heterocycles. The van der Waals surface area contributed by atoms with Gasteiger partial charge in [0, 0.05) is 16.1 Å². The van der Waals surface area contributed by atoms with Gasteiger partial charge in [0.25, 0.3) is 5.91 Å². The number of amides is 2. The number of nitrogens with zero attached hydrogens (tertiary/aromatic N) is 1. The van der Waals surface area contributed by atoms with Crippen LogP contribution in [0.25, 0.3) is 0 Å². The number of carbonyl (C=O) groups is 2. The third-order valence-electron chi connectivity index (χ3n) is 2.95. The van der Waals surface area contributed by atoms with Gasteiger partial charge in [-0.15, -0.1) is 11.3 Å². The van der Waals surface area contributed by atoms with Crippen LogP contribution in [0, 0.1) is 6.92 Å². The number of anilines is 2. The van der Waals surface area contributed by atoms with E-state index in [-0.39, 0.29) is 5.69 Å². The normalized spacial score (nSPS) is 11.8. The maximum absolute atomic E-state index is 11.9. The van der Waals surface area contributed by atoms with Crippen LogP contribution < -0.4 is 16.4 Å². The summed E-state index contributed by atoms with van der Waals surface area (Å²) in [6.07, 6.45) is 0. The van der Waals surface area contributed by atoms with E-state index in [4.69, 9.17) is 17.3 Å². The first-order valence-corrected chi connectivity index (χ1v) is 7.71. The smallest absolute Gasteiger partial charge is 0.271 e. The number of carbonyl (C=O) groups excluding carboxylic acids is 2. The van der Waals surface area contributed by atoms with E-state index < -0.39 is 17.9 Å². The van der Waals surface area contributed by atoms with E-state index in [9.17, 15) is 9.59 Å². The van der Waals surface area contributed by atoms with Gasteiger partial charge in [-0.25, -0.2) is 4.98 Å². The number of halogens is 1. The highest BCUT2D eigenvalue weighted by Crippen LogP contribution is 2.26. The van der Waals surface area contributed by atoms with Crippen LogP contribution in [-0.4, -0.2) is 22.8 Å². The van der Waals surface area contributed by atoms with Gasteiger partial charge in [-0.2, -0.15) is 0 Å². The van der Waals surface area contributed by atoms with E-state index in [0.29, 0.717) is 10.2 Å². The second kappa shape index (κ2) is 6.76. The Bertz CT molecular complexity index is 717. The van der Waals surface area contributed by atoms with Gasteiger partial charge >= 0.3 is 0 Å². The van der Waals surface area contributed by atoms with Crippen molar-refractivity contribution in [3.8, 4) is 0 Å². The lowest BCUT2D eigenvalue weighted by Crippen LogP contribution is -2.42. The molecule has 2 rings (SSSR count). The largest absolute Gasteiger partial charge is 0.368 e. The summed E-state index contributed by atoms with van der Waals surface area (Å²) in [6, 6.07) is 4.72. The topological polar surface area (TPSA) is 97.1 Å². The first kappa shape index (κ1) is 16.3. The second-order valence-corrected chi connectivity index (χ2v) is 6.01. The van der Waals surface area contributed by atoms with Crippen molar-refractivity contribution in [2.24, 2.45) is 5.73 Å². The van der Waals surface area contributed by atoms with Crippen LogP contribution in [0.1, 0.15) is 23.0 Å². The Morgan fingerprint density at radius 2 is 2.14 bits per heavy atom. The summed E-state index contributed by atoms with van der Waals surface area (Å²) < 4.78 is 0. The molecule has 1 aromatic heterocycles. The molecule has 2 aromatic rings. The fourth-order valence-electron chi connectivity index (χ4n) is 1.62. The lowest BCUT2D eigenvalue weighted by Gasteiger charge is -2.08. The summed E-state index contributed by atoms with van der Waals surface area (Å²) in [5.74, 6) is -1.05. The molecule has 116 valence electrons. The van der Waals surface area contributed by atoms with Crippen molar-refractivity contribution in [3.05, 3.63) is 39.9 Å². The number of aromatic nitrogens is 1. The monoisotopic (exact) mass is 338 g/mol. The van der Waals surface area contributed by atoms with Crippen molar-refractivity contribution in [2.75, 3.05) is 5.32 Å². The molecule has 22 heavy (non-hydrogen) atoms. The molecule has 1 atom stereocenters. The third kappa shape index (κ3) is 3.96. The minimum Gasteiger partial charge on any atom is -0.368 e. The number of aryl methyl sites for hydroxylation is 1. The van der Waals surface area contributed by atoms with E-state index in [2.05, 4.69) is 15.6 Å². The summed E-state index contributed by atoms with van der Waals surface area (Å²) in [6.45, 7) is 3.45. The molecular weight excluding hydrogens is 324 g/mol. The van der Waals surface area contributed by atoms with E-state index in [1.807, 2.05) is 13.0 Å². The number of nitrogens with two attached hydrogens (primary N) is 1. The first-order valence-electron chi connectivity index (χ1n) is 6.45. The summed E-state index contributed by atoms with van der Waals surface area (Å²) >= 11 is 7.24. The summed E-state index contributed by atoms with van der Waals surface area (Å²) in [5, 5.41) is 8.36. The zero-order chi connectivity index (χ0) is 16.3. The van der Waals surface area contributed by atoms with E-state index >= 15 is 0 Å². The van der Waals surface area contributed by atoms with Crippen LogP contribution in [0.3, 0.4) is 0 Å². The van der Waals surface area contributed by atoms with Gasteiger partial charge < -0.3 is 16.4 Å². The summed E-state index contributed by atoms with van der Waals surface area (Å²) in [4.78, 5) is 27.1. The molecule has 2 amide bonds. The average Bonchev–Trinajstić information content (AvgIpc) is 2.91. The average molecular weight is 339 g/mol. The Morgan fingerprint density at radius 3 is 2.82 bits per heavy atom. The molecule has 0 spiro atoms. The molecule has 0 saturated carbocycles. The molecular formula is C14H15ClN4O2S. The maximum Gasteiger partial charge on any atom is 0.271 e. The SMILES string of the molecule is Cc1ccc(Cl)cc1Nc1nc(C(=O)N[C@H](C)C(N)=O)cs1. The molecule has 0 aliphatic carbocycles. The Balaban J connectivity index is 2.10. The standard InChI is InChI=1S/C14H15ClN4O2S/c1-7-3-4-9(15)5-10(7)18-14-19-11(6-22-14)13(21)17-8(2)12(16)20/h3-6,8H,1-2H3,(H2,16,20)(H,17,21)(H,18,19)/t8-/m1/s1. The quantitative estimate of drug-likeness (QED) is 0.780. The van der Waals surface area contributed by atoms with Gasteiger partial charge in [0.05, 0.1) is 0 Å². The molecule has 0 unspecified atom stereocenters. The predicted molar refractivity (Wildman–Crippen MR) is 87.7 cm³/mol. The van der Waals surface area contributed by atoms with Gasteiger partial charge in [0.2, 0.25) is 5.91 Å². The van der Waals surface area contributed by atoms with Gasteiger partial charge in [0.15, 0.2) is 5.13 Å². The van der Waals surface area contributed by atoms with Crippen molar-refractivity contribution >= 4 is 45.6 Å². The van der Waals surface area contributed by atoms with Crippen LogP contribution in [0.15, 0.2) is 23.6 Å². The number of hydrogen-bond donors (Lipinski definition) is 3. The van der Waals surface area contributed by atoms with Crippen LogP contribution in [0.2, 0.25) is 5.02 Å². The van der Waals surface area contributed by atoms with Crippen LogP contribution in [-0.2, 0) is 4.79 Å². The number of thiazole rings is 1. The minimum atomic E-state index is -0.749. The van der Waals surface area contributed by atoms with Crippen molar-refractivity contribution in [1.29, 1.82) is 0 Å². The Kier molecular flexibility index (Phi) is 4.99. The number of nitrogens with one attached hydrogen (secondary N) is 2.